The van der Waals surface area contributed by atoms with Crippen LogP contribution in [-0.4, -0.2) is 23.3 Å². The van der Waals surface area contributed by atoms with Crippen LogP contribution >= 0.6 is 11.3 Å². The summed E-state index contributed by atoms with van der Waals surface area (Å²) in [6.45, 7) is 1.87. The molecule has 0 radical (unpaired) electrons. The summed E-state index contributed by atoms with van der Waals surface area (Å²) in [6.07, 6.45) is -4.85. The van der Waals surface area contributed by atoms with Gasteiger partial charge in [0.1, 0.15) is 23.2 Å². The zero-order valence-electron chi connectivity index (χ0n) is 16.4. The van der Waals surface area contributed by atoms with Gasteiger partial charge in [0, 0.05) is 11.6 Å². The van der Waals surface area contributed by atoms with Crippen molar-refractivity contribution in [2.75, 3.05) is 0 Å². The lowest BCUT2D eigenvalue weighted by molar-refractivity contribution is -0.137. The van der Waals surface area contributed by atoms with E-state index in [2.05, 4.69) is 15.5 Å². The summed E-state index contributed by atoms with van der Waals surface area (Å²) in [5.74, 6) is -0.248. The first-order valence-electron chi connectivity index (χ1n) is 9.27. The summed E-state index contributed by atoms with van der Waals surface area (Å²) in [7, 11) is 0. The van der Waals surface area contributed by atoms with Gasteiger partial charge in [0.15, 0.2) is 12.1 Å². The van der Waals surface area contributed by atoms with E-state index in [1.807, 2.05) is 0 Å². The second kappa shape index (κ2) is 8.58. The minimum Gasteiger partial charge on any atom is -0.488 e. The first kappa shape index (κ1) is 21.8. The predicted octanol–water partition coefficient (Wildman–Crippen LogP) is 4.66. The lowest BCUT2D eigenvalue weighted by Gasteiger charge is -2.08. The number of carbonyl (C=O) groups excluding carboxylic acids is 1. The Balaban J connectivity index is 1.44. The number of halogens is 4. The van der Waals surface area contributed by atoms with E-state index < -0.39 is 23.8 Å². The molecule has 3 aromatic rings. The van der Waals surface area contributed by atoms with Gasteiger partial charge in [-0.2, -0.15) is 13.2 Å². The molecular formula is C21H15F4N3O3S. The molecule has 1 atom stereocenters. The highest BCUT2D eigenvalue weighted by molar-refractivity contribution is 7.15. The molecule has 6 nitrogen and oxygen atoms in total. The Morgan fingerprint density at radius 2 is 1.97 bits per heavy atom. The quantitative estimate of drug-likeness (QED) is 0.424. The number of ether oxygens (including phenoxy) is 1. The van der Waals surface area contributed by atoms with Crippen molar-refractivity contribution in [1.82, 2.24) is 10.3 Å². The van der Waals surface area contributed by atoms with E-state index in [4.69, 9.17) is 9.57 Å². The number of hydrogen-bond donors (Lipinski definition) is 1. The van der Waals surface area contributed by atoms with Gasteiger partial charge >= 0.3 is 6.18 Å². The number of alkyl halides is 3. The summed E-state index contributed by atoms with van der Waals surface area (Å²) in [5, 5.41) is 6.81. The fourth-order valence-corrected chi connectivity index (χ4v) is 3.88. The number of carbonyl (C=O) groups is 1. The number of thiazole rings is 1. The van der Waals surface area contributed by atoms with Crippen LogP contribution in [0, 0.1) is 12.7 Å². The van der Waals surface area contributed by atoms with Gasteiger partial charge in [-0.25, -0.2) is 9.37 Å². The minimum absolute atomic E-state index is 0.102. The summed E-state index contributed by atoms with van der Waals surface area (Å²) >= 11 is 1.29. The summed E-state index contributed by atoms with van der Waals surface area (Å²) in [4.78, 5) is 20.6. The van der Waals surface area contributed by atoms with Crippen LogP contribution in [0.4, 0.5) is 17.6 Å². The van der Waals surface area contributed by atoms with Crippen LogP contribution in [0.3, 0.4) is 0 Å². The Kier molecular flexibility index (Phi) is 5.83. The molecule has 4 rings (SSSR count). The zero-order chi connectivity index (χ0) is 22.9. The second-order valence-corrected chi connectivity index (χ2v) is 7.86. The Hall–Kier alpha value is -3.47. The topological polar surface area (TPSA) is 72.8 Å². The largest absolute Gasteiger partial charge is 0.488 e. The molecule has 0 fully saturated rings. The van der Waals surface area contributed by atoms with Crippen LogP contribution in [0.25, 0.3) is 10.6 Å². The third-order valence-corrected chi connectivity index (χ3v) is 5.76. The molecule has 1 unspecified atom stereocenters. The SMILES string of the molecule is Cc1nc(-c2ccc(C(F)(F)F)cc2)sc1COc1ccc(C2=NOC(C=O)N2)c(F)c1. The highest BCUT2D eigenvalue weighted by atomic mass is 32.1. The number of benzene rings is 2. The average molecular weight is 465 g/mol. The lowest BCUT2D eigenvalue weighted by Crippen LogP contribution is -2.31. The van der Waals surface area contributed by atoms with Crippen molar-refractivity contribution in [2.24, 2.45) is 5.16 Å². The summed E-state index contributed by atoms with van der Waals surface area (Å²) < 4.78 is 58.3. The third-order valence-electron chi connectivity index (χ3n) is 4.58. The van der Waals surface area contributed by atoms with Crippen LogP contribution in [-0.2, 0) is 22.4 Å². The van der Waals surface area contributed by atoms with Crippen molar-refractivity contribution in [3.63, 3.8) is 0 Å². The maximum absolute atomic E-state index is 14.4. The third kappa shape index (κ3) is 4.57. The molecule has 0 amide bonds. The molecule has 1 aliphatic heterocycles. The van der Waals surface area contributed by atoms with E-state index in [9.17, 15) is 22.4 Å². The normalized spacial score (nSPS) is 15.7. The predicted molar refractivity (Wildman–Crippen MR) is 109 cm³/mol. The van der Waals surface area contributed by atoms with Crippen LogP contribution < -0.4 is 10.1 Å². The van der Waals surface area contributed by atoms with Crippen molar-refractivity contribution in [3.8, 4) is 16.3 Å². The van der Waals surface area contributed by atoms with Crippen LogP contribution in [0.1, 0.15) is 21.7 Å². The van der Waals surface area contributed by atoms with Gasteiger partial charge in [-0.05, 0) is 31.2 Å². The first-order chi connectivity index (χ1) is 15.2. The van der Waals surface area contributed by atoms with Crippen molar-refractivity contribution in [1.29, 1.82) is 0 Å². The molecule has 2 aromatic carbocycles. The van der Waals surface area contributed by atoms with Crippen molar-refractivity contribution in [3.05, 3.63) is 70.0 Å². The van der Waals surface area contributed by atoms with Gasteiger partial charge in [0.25, 0.3) is 6.23 Å². The smallest absolute Gasteiger partial charge is 0.416 e. The van der Waals surface area contributed by atoms with Crippen LogP contribution in [0.15, 0.2) is 47.6 Å². The van der Waals surface area contributed by atoms with Gasteiger partial charge in [-0.3, -0.25) is 4.79 Å². The number of nitrogens with zero attached hydrogens (tertiary/aromatic N) is 2. The van der Waals surface area contributed by atoms with E-state index in [0.29, 0.717) is 22.6 Å². The lowest BCUT2D eigenvalue weighted by atomic mass is 10.1. The molecular weight excluding hydrogens is 450 g/mol. The molecule has 32 heavy (non-hydrogen) atoms. The highest BCUT2D eigenvalue weighted by Gasteiger charge is 2.30. The number of aryl methyl sites for hydroxylation is 1. The van der Waals surface area contributed by atoms with Gasteiger partial charge in [0.05, 0.1) is 21.7 Å². The molecule has 166 valence electrons. The number of oxime groups is 1. The second-order valence-electron chi connectivity index (χ2n) is 6.78. The number of hydrogen-bond acceptors (Lipinski definition) is 7. The highest BCUT2D eigenvalue weighted by Crippen LogP contribution is 2.33. The standard InChI is InChI=1S/C21H15F4N3O3S/c1-11-17(32-20(26-11)12-2-4-13(5-3-12)21(23,24)25)10-30-14-6-7-15(16(22)8-14)19-27-18(9-29)31-28-19/h2-9,18H,10H2,1H3,(H,27,28). The van der Waals surface area contributed by atoms with E-state index >= 15 is 0 Å². The molecule has 0 saturated heterocycles. The molecule has 0 saturated carbocycles. The molecule has 0 aliphatic carbocycles. The van der Waals surface area contributed by atoms with E-state index in [1.165, 1.54) is 35.6 Å². The fraction of sp³-hybridized carbons (Fsp3) is 0.190. The zero-order valence-corrected chi connectivity index (χ0v) is 17.3. The Morgan fingerprint density at radius 1 is 1.22 bits per heavy atom. The maximum Gasteiger partial charge on any atom is 0.416 e. The van der Waals surface area contributed by atoms with E-state index in [0.717, 1.165) is 17.0 Å². The minimum atomic E-state index is -4.40. The van der Waals surface area contributed by atoms with Crippen LogP contribution in [0.2, 0.25) is 0 Å². The number of aromatic nitrogens is 1. The Bertz CT molecular complexity index is 1180. The van der Waals surface area contributed by atoms with Crippen molar-refractivity contribution in [2.45, 2.75) is 25.9 Å². The van der Waals surface area contributed by atoms with Crippen molar-refractivity contribution >= 4 is 23.5 Å². The van der Waals surface area contributed by atoms with Crippen LogP contribution in [0.5, 0.6) is 5.75 Å². The average Bonchev–Trinajstić information content (AvgIpc) is 3.38. The molecule has 0 spiro atoms. The molecule has 1 aromatic heterocycles. The van der Waals surface area contributed by atoms with Gasteiger partial charge in [-0.15, -0.1) is 11.3 Å². The monoisotopic (exact) mass is 465 g/mol. The van der Waals surface area contributed by atoms with E-state index in [-0.39, 0.29) is 23.8 Å². The Morgan fingerprint density at radius 3 is 2.59 bits per heavy atom. The fourth-order valence-electron chi connectivity index (χ4n) is 2.90. The molecule has 1 aliphatic rings. The molecule has 2 heterocycles. The molecule has 0 bridgehead atoms. The van der Waals surface area contributed by atoms with Crippen molar-refractivity contribution < 1.29 is 31.9 Å². The van der Waals surface area contributed by atoms with Gasteiger partial charge in [0.2, 0.25) is 0 Å². The summed E-state index contributed by atoms with van der Waals surface area (Å²) in [5.41, 5.74) is 0.632. The number of aldehydes is 1. The number of rotatable bonds is 6. The summed E-state index contributed by atoms with van der Waals surface area (Å²) in [6, 6.07) is 8.94. The van der Waals surface area contributed by atoms with E-state index in [1.54, 1.807) is 13.0 Å². The molecule has 1 N–H and O–H groups in total. The van der Waals surface area contributed by atoms with Gasteiger partial charge < -0.3 is 14.9 Å². The number of nitrogens with one attached hydrogen (secondary N) is 1. The van der Waals surface area contributed by atoms with Gasteiger partial charge in [-0.1, -0.05) is 17.3 Å². The maximum atomic E-state index is 14.4. The number of amidine groups is 1. The molecule has 11 heteroatoms. The first-order valence-corrected chi connectivity index (χ1v) is 10.1. The Labute approximate surface area is 183 Å².